The maximum absolute atomic E-state index is 5.77. The summed E-state index contributed by atoms with van der Waals surface area (Å²) in [5.74, 6) is 0.908. The largest absolute Gasteiger partial charge is 0.489 e. The van der Waals surface area contributed by atoms with Gasteiger partial charge in [0.15, 0.2) is 0 Å². The molecule has 0 aliphatic rings. The van der Waals surface area contributed by atoms with Gasteiger partial charge in [-0.05, 0) is 44.0 Å². The Bertz CT molecular complexity index is 529. The average molecular weight is 269 g/mol. The Morgan fingerprint density at radius 3 is 2.30 bits per heavy atom. The van der Waals surface area contributed by atoms with Crippen LogP contribution in [0.5, 0.6) is 5.75 Å². The van der Waals surface area contributed by atoms with Gasteiger partial charge in [-0.25, -0.2) is 0 Å². The Kier molecular flexibility index (Phi) is 4.80. The van der Waals surface area contributed by atoms with Gasteiger partial charge in [-0.1, -0.05) is 42.5 Å². The van der Waals surface area contributed by atoms with E-state index >= 15 is 0 Å². The molecule has 0 atom stereocenters. The van der Waals surface area contributed by atoms with E-state index in [0.29, 0.717) is 6.61 Å². The van der Waals surface area contributed by atoms with Crippen LogP contribution in [0.15, 0.2) is 54.6 Å². The van der Waals surface area contributed by atoms with Crippen LogP contribution in [0.4, 0.5) is 0 Å². The summed E-state index contributed by atoms with van der Waals surface area (Å²) in [5, 5.41) is 3.50. The van der Waals surface area contributed by atoms with E-state index in [4.69, 9.17) is 4.74 Å². The molecule has 2 nitrogen and oxygen atoms in total. The van der Waals surface area contributed by atoms with Gasteiger partial charge in [-0.2, -0.15) is 0 Å². The predicted molar refractivity (Wildman–Crippen MR) is 83.8 cm³/mol. The SMILES string of the molecule is CC(C)(C)NCc1cccc(COc2ccccc2)c1. The van der Waals surface area contributed by atoms with Crippen molar-refractivity contribution in [2.24, 2.45) is 0 Å². The first-order valence-corrected chi connectivity index (χ1v) is 7.04. The summed E-state index contributed by atoms with van der Waals surface area (Å²) in [6.07, 6.45) is 0. The fourth-order valence-corrected chi connectivity index (χ4v) is 1.88. The van der Waals surface area contributed by atoms with E-state index < -0.39 is 0 Å². The third-order valence-electron chi connectivity index (χ3n) is 2.96. The molecule has 0 saturated heterocycles. The molecular weight excluding hydrogens is 246 g/mol. The first kappa shape index (κ1) is 14.6. The quantitative estimate of drug-likeness (QED) is 0.880. The highest BCUT2D eigenvalue weighted by Gasteiger charge is 2.08. The van der Waals surface area contributed by atoms with E-state index in [2.05, 4.69) is 50.4 Å². The van der Waals surface area contributed by atoms with Crippen molar-refractivity contribution in [3.05, 3.63) is 65.7 Å². The van der Waals surface area contributed by atoms with Crippen LogP contribution in [0, 0.1) is 0 Å². The Morgan fingerprint density at radius 2 is 1.60 bits per heavy atom. The van der Waals surface area contributed by atoms with Crippen molar-refractivity contribution < 1.29 is 4.74 Å². The minimum atomic E-state index is 0.135. The molecule has 2 aromatic carbocycles. The molecule has 0 aliphatic carbocycles. The lowest BCUT2D eigenvalue weighted by atomic mass is 10.1. The van der Waals surface area contributed by atoms with Gasteiger partial charge in [0.1, 0.15) is 12.4 Å². The zero-order valence-electron chi connectivity index (χ0n) is 12.5. The van der Waals surface area contributed by atoms with E-state index in [1.807, 2.05) is 30.3 Å². The number of para-hydroxylation sites is 1. The summed E-state index contributed by atoms with van der Waals surface area (Å²) < 4.78 is 5.77. The third kappa shape index (κ3) is 5.06. The van der Waals surface area contributed by atoms with Crippen molar-refractivity contribution in [2.75, 3.05) is 0 Å². The van der Waals surface area contributed by atoms with Crippen molar-refractivity contribution in [3.63, 3.8) is 0 Å². The second kappa shape index (κ2) is 6.58. The standard InChI is InChI=1S/C18H23NO/c1-18(2,3)19-13-15-8-7-9-16(12-15)14-20-17-10-5-4-6-11-17/h4-12,19H,13-14H2,1-3H3. The molecule has 0 bridgehead atoms. The molecule has 1 N–H and O–H groups in total. The second-order valence-electron chi connectivity index (χ2n) is 6.03. The van der Waals surface area contributed by atoms with Gasteiger partial charge in [0.05, 0.1) is 0 Å². The van der Waals surface area contributed by atoms with Crippen molar-refractivity contribution in [2.45, 2.75) is 39.5 Å². The molecule has 106 valence electrons. The van der Waals surface area contributed by atoms with E-state index in [0.717, 1.165) is 12.3 Å². The molecule has 0 heterocycles. The first-order chi connectivity index (χ1) is 9.53. The van der Waals surface area contributed by atoms with Crippen LogP contribution in [0.25, 0.3) is 0 Å². The van der Waals surface area contributed by atoms with Crippen LogP contribution < -0.4 is 10.1 Å². The number of benzene rings is 2. The van der Waals surface area contributed by atoms with Crippen LogP contribution in [-0.2, 0) is 13.2 Å². The maximum Gasteiger partial charge on any atom is 0.119 e. The molecule has 0 aliphatic heterocycles. The zero-order chi connectivity index (χ0) is 14.4. The zero-order valence-corrected chi connectivity index (χ0v) is 12.5. The minimum absolute atomic E-state index is 0.135. The molecule has 0 aromatic heterocycles. The lowest BCUT2D eigenvalue weighted by Gasteiger charge is -2.20. The number of hydrogen-bond donors (Lipinski definition) is 1. The lowest BCUT2D eigenvalue weighted by Crippen LogP contribution is -2.35. The first-order valence-electron chi connectivity index (χ1n) is 7.04. The Labute approximate surface area is 121 Å². The highest BCUT2D eigenvalue weighted by molar-refractivity contribution is 5.25. The van der Waals surface area contributed by atoms with Crippen LogP contribution in [-0.4, -0.2) is 5.54 Å². The molecule has 2 aromatic rings. The summed E-state index contributed by atoms with van der Waals surface area (Å²) in [6.45, 7) is 8.01. The van der Waals surface area contributed by atoms with Crippen molar-refractivity contribution >= 4 is 0 Å². The van der Waals surface area contributed by atoms with Crippen molar-refractivity contribution in [1.82, 2.24) is 5.32 Å². The normalized spacial score (nSPS) is 11.3. The van der Waals surface area contributed by atoms with Gasteiger partial charge in [-0.3, -0.25) is 0 Å². The highest BCUT2D eigenvalue weighted by Crippen LogP contribution is 2.13. The molecule has 2 rings (SSSR count). The van der Waals surface area contributed by atoms with E-state index in [-0.39, 0.29) is 5.54 Å². The molecule has 0 spiro atoms. The van der Waals surface area contributed by atoms with E-state index in [9.17, 15) is 0 Å². The van der Waals surface area contributed by atoms with Crippen molar-refractivity contribution in [3.8, 4) is 5.75 Å². The predicted octanol–water partition coefficient (Wildman–Crippen LogP) is 4.15. The monoisotopic (exact) mass is 269 g/mol. The Balaban J connectivity index is 1.92. The van der Waals surface area contributed by atoms with E-state index in [1.54, 1.807) is 0 Å². The van der Waals surface area contributed by atoms with E-state index in [1.165, 1.54) is 11.1 Å². The summed E-state index contributed by atoms with van der Waals surface area (Å²) in [6, 6.07) is 18.4. The van der Waals surface area contributed by atoms with Gasteiger partial charge in [0, 0.05) is 12.1 Å². The summed E-state index contributed by atoms with van der Waals surface area (Å²) >= 11 is 0. The maximum atomic E-state index is 5.77. The highest BCUT2D eigenvalue weighted by atomic mass is 16.5. The number of ether oxygens (including phenoxy) is 1. The van der Waals surface area contributed by atoms with Crippen molar-refractivity contribution in [1.29, 1.82) is 0 Å². The van der Waals surface area contributed by atoms with Gasteiger partial charge >= 0.3 is 0 Å². The fourth-order valence-electron chi connectivity index (χ4n) is 1.88. The summed E-state index contributed by atoms with van der Waals surface area (Å²) in [7, 11) is 0. The number of nitrogens with one attached hydrogen (secondary N) is 1. The molecule has 0 unspecified atom stereocenters. The summed E-state index contributed by atoms with van der Waals surface area (Å²) in [4.78, 5) is 0. The molecule has 0 amide bonds. The van der Waals surface area contributed by atoms with Crippen LogP contribution in [0.3, 0.4) is 0 Å². The molecule has 2 heteroatoms. The molecule has 0 saturated carbocycles. The van der Waals surface area contributed by atoms with Gasteiger partial charge in [0.2, 0.25) is 0 Å². The second-order valence-corrected chi connectivity index (χ2v) is 6.03. The minimum Gasteiger partial charge on any atom is -0.489 e. The van der Waals surface area contributed by atoms with Gasteiger partial charge in [0.25, 0.3) is 0 Å². The topological polar surface area (TPSA) is 21.3 Å². The van der Waals surface area contributed by atoms with Crippen LogP contribution in [0.2, 0.25) is 0 Å². The van der Waals surface area contributed by atoms with Crippen LogP contribution >= 0.6 is 0 Å². The Morgan fingerprint density at radius 1 is 0.900 bits per heavy atom. The number of rotatable bonds is 5. The summed E-state index contributed by atoms with van der Waals surface area (Å²) in [5.41, 5.74) is 2.62. The van der Waals surface area contributed by atoms with Crippen LogP contribution in [0.1, 0.15) is 31.9 Å². The molecule has 20 heavy (non-hydrogen) atoms. The molecule has 0 radical (unpaired) electrons. The smallest absolute Gasteiger partial charge is 0.119 e. The lowest BCUT2D eigenvalue weighted by molar-refractivity contribution is 0.306. The fraction of sp³-hybridized carbons (Fsp3) is 0.333. The average Bonchev–Trinajstić information content (AvgIpc) is 2.44. The third-order valence-corrected chi connectivity index (χ3v) is 2.96. The van der Waals surface area contributed by atoms with Gasteiger partial charge < -0.3 is 10.1 Å². The molecule has 0 fully saturated rings. The Hall–Kier alpha value is -1.80. The number of hydrogen-bond acceptors (Lipinski definition) is 2. The van der Waals surface area contributed by atoms with Gasteiger partial charge in [-0.15, -0.1) is 0 Å². The molecular formula is C18H23NO.